The average Bonchev–Trinajstić information content (AvgIpc) is 2.95. The summed E-state index contributed by atoms with van der Waals surface area (Å²) >= 11 is 7.44. The van der Waals surface area contributed by atoms with Crippen molar-refractivity contribution in [2.45, 2.75) is 25.0 Å². The van der Waals surface area contributed by atoms with E-state index >= 15 is 0 Å². The molecule has 3 nitrogen and oxygen atoms in total. The second kappa shape index (κ2) is 8.66. The average molecular weight is 328 g/mol. The number of nitrogens with one attached hydrogen (secondary N) is 1. The van der Waals surface area contributed by atoms with Gasteiger partial charge in [0.25, 0.3) is 0 Å². The Kier molecular flexibility index (Phi) is 6.87. The first-order valence-corrected chi connectivity index (χ1v) is 8.92. The number of thioether (sulfide) groups is 1. The minimum absolute atomic E-state index is 0.0811. The van der Waals surface area contributed by atoms with Crippen molar-refractivity contribution in [1.29, 1.82) is 0 Å². The van der Waals surface area contributed by atoms with Crippen molar-refractivity contribution in [2.24, 2.45) is 11.8 Å². The molecule has 21 heavy (non-hydrogen) atoms. The van der Waals surface area contributed by atoms with Gasteiger partial charge >= 0.3 is 0 Å². The van der Waals surface area contributed by atoms with E-state index in [9.17, 15) is 9.90 Å². The molecule has 116 valence electrons. The normalized spacial score (nSPS) is 21.4. The topological polar surface area (TPSA) is 49.3 Å². The van der Waals surface area contributed by atoms with Gasteiger partial charge in [0.05, 0.1) is 5.75 Å². The molecule has 2 unspecified atom stereocenters. The van der Waals surface area contributed by atoms with Crippen molar-refractivity contribution < 1.29 is 9.90 Å². The van der Waals surface area contributed by atoms with Crippen LogP contribution in [0.2, 0.25) is 5.02 Å². The van der Waals surface area contributed by atoms with E-state index in [4.69, 9.17) is 11.6 Å². The van der Waals surface area contributed by atoms with Gasteiger partial charge in [-0.2, -0.15) is 0 Å². The van der Waals surface area contributed by atoms with Gasteiger partial charge in [0.1, 0.15) is 0 Å². The van der Waals surface area contributed by atoms with E-state index in [1.807, 2.05) is 24.3 Å². The number of rotatable bonds is 7. The molecule has 2 atom stereocenters. The van der Waals surface area contributed by atoms with Crippen LogP contribution in [0.1, 0.15) is 24.8 Å². The van der Waals surface area contributed by atoms with Gasteiger partial charge in [0.2, 0.25) is 5.91 Å². The highest BCUT2D eigenvalue weighted by molar-refractivity contribution is 7.99. The monoisotopic (exact) mass is 327 g/mol. The lowest BCUT2D eigenvalue weighted by molar-refractivity contribution is -0.118. The third-order valence-corrected chi connectivity index (χ3v) is 5.28. The minimum Gasteiger partial charge on any atom is -0.396 e. The molecule has 0 aromatic heterocycles. The number of aliphatic hydroxyl groups is 1. The Morgan fingerprint density at radius 1 is 1.29 bits per heavy atom. The molecule has 1 aromatic rings. The number of carbonyl (C=O) groups excluding carboxylic acids is 1. The number of amides is 1. The summed E-state index contributed by atoms with van der Waals surface area (Å²) in [6, 6.07) is 7.70. The van der Waals surface area contributed by atoms with Crippen LogP contribution in [0.3, 0.4) is 0 Å². The van der Waals surface area contributed by atoms with Crippen LogP contribution in [0.25, 0.3) is 0 Å². The molecule has 0 bridgehead atoms. The zero-order valence-corrected chi connectivity index (χ0v) is 13.6. The van der Waals surface area contributed by atoms with Crippen molar-refractivity contribution in [2.75, 3.05) is 18.9 Å². The predicted molar refractivity (Wildman–Crippen MR) is 88.5 cm³/mol. The zero-order valence-electron chi connectivity index (χ0n) is 12.1. The van der Waals surface area contributed by atoms with Gasteiger partial charge in [0, 0.05) is 23.9 Å². The predicted octanol–water partition coefficient (Wildman–Crippen LogP) is 3.10. The summed E-state index contributed by atoms with van der Waals surface area (Å²) in [5.74, 6) is 2.18. The van der Waals surface area contributed by atoms with Gasteiger partial charge < -0.3 is 10.4 Å². The van der Waals surface area contributed by atoms with Gasteiger partial charge in [0.15, 0.2) is 0 Å². The fourth-order valence-electron chi connectivity index (χ4n) is 2.76. The van der Waals surface area contributed by atoms with Gasteiger partial charge in [-0.1, -0.05) is 30.2 Å². The van der Waals surface area contributed by atoms with Gasteiger partial charge in [-0.3, -0.25) is 4.79 Å². The Morgan fingerprint density at radius 3 is 2.71 bits per heavy atom. The third-order valence-electron chi connectivity index (χ3n) is 4.03. The molecule has 1 aromatic carbocycles. The minimum atomic E-state index is 0.0811. The molecule has 2 rings (SSSR count). The summed E-state index contributed by atoms with van der Waals surface area (Å²) in [4.78, 5) is 11.8. The largest absolute Gasteiger partial charge is 0.396 e. The smallest absolute Gasteiger partial charge is 0.230 e. The lowest BCUT2D eigenvalue weighted by atomic mass is 9.97. The molecule has 1 saturated carbocycles. The first kappa shape index (κ1) is 16.7. The molecule has 2 N–H and O–H groups in total. The molecular weight excluding hydrogens is 306 g/mol. The van der Waals surface area contributed by atoms with Gasteiger partial charge in [-0.25, -0.2) is 0 Å². The highest BCUT2D eigenvalue weighted by Crippen LogP contribution is 2.30. The number of hydrogen-bond acceptors (Lipinski definition) is 3. The zero-order chi connectivity index (χ0) is 15.1. The second-order valence-electron chi connectivity index (χ2n) is 5.56. The maximum atomic E-state index is 11.8. The Balaban J connectivity index is 1.62. The van der Waals surface area contributed by atoms with Crippen LogP contribution in [-0.2, 0) is 10.5 Å². The van der Waals surface area contributed by atoms with E-state index in [-0.39, 0.29) is 12.5 Å². The first-order chi connectivity index (χ1) is 10.2. The first-order valence-electron chi connectivity index (χ1n) is 7.39. The van der Waals surface area contributed by atoms with Crippen LogP contribution in [0.5, 0.6) is 0 Å². The Hall–Kier alpha value is -0.710. The van der Waals surface area contributed by atoms with Crippen molar-refractivity contribution >= 4 is 29.3 Å². The molecule has 1 fully saturated rings. The van der Waals surface area contributed by atoms with Crippen molar-refractivity contribution in [3.63, 3.8) is 0 Å². The van der Waals surface area contributed by atoms with Crippen molar-refractivity contribution in [3.8, 4) is 0 Å². The van der Waals surface area contributed by atoms with Crippen LogP contribution in [0, 0.1) is 11.8 Å². The van der Waals surface area contributed by atoms with E-state index in [0.29, 0.717) is 24.1 Å². The molecule has 0 aliphatic heterocycles. The molecule has 1 aliphatic carbocycles. The third kappa shape index (κ3) is 5.53. The summed E-state index contributed by atoms with van der Waals surface area (Å²) < 4.78 is 0. The van der Waals surface area contributed by atoms with Gasteiger partial charge in [-0.05, 0) is 42.4 Å². The van der Waals surface area contributed by atoms with E-state index in [0.717, 1.165) is 30.0 Å². The van der Waals surface area contributed by atoms with Crippen molar-refractivity contribution in [1.82, 2.24) is 5.32 Å². The van der Waals surface area contributed by atoms with Crippen LogP contribution >= 0.6 is 23.4 Å². The highest BCUT2D eigenvalue weighted by Gasteiger charge is 2.26. The summed E-state index contributed by atoms with van der Waals surface area (Å²) in [7, 11) is 0. The van der Waals surface area contributed by atoms with E-state index in [1.54, 1.807) is 11.8 Å². The molecule has 1 aliphatic rings. The maximum Gasteiger partial charge on any atom is 0.230 e. The number of aliphatic hydroxyl groups excluding tert-OH is 1. The van der Waals surface area contributed by atoms with Crippen molar-refractivity contribution in [3.05, 3.63) is 34.9 Å². The molecule has 1 amide bonds. The lowest BCUT2D eigenvalue weighted by Gasteiger charge is -2.17. The quantitative estimate of drug-likeness (QED) is 0.809. The number of carbonyl (C=O) groups is 1. The SMILES string of the molecule is O=C(CSCc1ccc(Cl)cc1)NCC1CCCC1CO. The number of hydrogen-bond donors (Lipinski definition) is 2. The van der Waals surface area contributed by atoms with Crippen LogP contribution < -0.4 is 5.32 Å². The van der Waals surface area contributed by atoms with Gasteiger partial charge in [-0.15, -0.1) is 11.8 Å². The fraction of sp³-hybridized carbons (Fsp3) is 0.562. The Bertz CT molecular complexity index is 452. The summed E-state index contributed by atoms with van der Waals surface area (Å²) in [5.41, 5.74) is 1.17. The number of halogens is 1. The molecule has 0 saturated heterocycles. The summed E-state index contributed by atoms with van der Waals surface area (Å²) in [5, 5.41) is 13.0. The molecule has 0 radical (unpaired) electrons. The second-order valence-corrected chi connectivity index (χ2v) is 6.98. The fourth-order valence-corrected chi connectivity index (χ4v) is 3.70. The summed E-state index contributed by atoms with van der Waals surface area (Å²) in [6.45, 7) is 0.942. The Morgan fingerprint density at radius 2 is 2.00 bits per heavy atom. The van der Waals surface area contributed by atoms with Crippen LogP contribution in [0.15, 0.2) is 24.3 Å². The van der Waals surface area contributed by atoms with E-state index < -0.39 is 0 Å². The van der Waals surface area contributed by atoms with E-state index in [1.165, 1.54) is 5.56 Å². The maximum absolute atomic E-state index is 11.8. The molecule has 0 heterocycles. The highest BCUT2D eigenvalue weighted by atomic mass is 35.5. The number of benzene rings is 1. The summed E-state index contributed by atoms with van der Waals surface area (Å²) in [6.07, 6.45) is 3.36. The van der Waals surface area contributed by atoms with Crippen LogP contribution in [0.4, 0.5) is 0 Å². The molecule has 0 spiro atoms. The van der Waals surface area contributed by atoms with Crippen LogP contribution in [-0.4, -0.2) is 29.9 Å². The Labute approximate surface area is 135 Å². The molecular formula is C16H22ClNO2S. The lowest BCUT2D eigenvalue weighted by Crippen LogP contribution is -2.32. The molecule has 5 heteroatoms. The standard InChI is InChI=1S/C16H22ClNO2S/c17-15-6-4-12(5-7-15)10-21-11-16(20)18-8-13-2-1-3-14(13)9-19/h4-7,13-14,19H,1-3,8-11H2,(H,18,20). The van der Waals surface area contributed by atoms with E-state index in [2.05, 4.69) is 5.32 Å².